The van der Waals surface area contributed by atoms with Crippen molar-refractivity contribution in [2.24, 2.45) is 0 Å². The Morgan fingerprint density at radius 2 is 2.00 bits per heavy atom. The molecule has 15 heavy (non-hydrogen) atoms. The zero-order valence-corrected chi connectivity index (χ0v) is 9.35. The number of hydrogen-bond donors (Lipinski definition) is 0. The fraction of sp³-hybridized carbons (Fsp3) is 0.333. The van der Waals surface area contributed by atoms with Crippen molar-refractivity contribution in [1.29, 1.82) is 0 Å². The van der Waals surface area contributed by atoms with Crippen molar-refractivity contribution < 1.29 is 22.6 Å². The Hall–Kier alpha value is -0.910. The molecule has 84 valence electrons. The maximum Gasteiger partial charge on any atom is 0.422 e. The lowest BCUT2D eigenvalue weighted by Crippen LogP contribution is -2.19. The van der Waals surface area contributed by atoms with Gasteiger partial charge in [-0.25, -0.2) is 0 Å². The van der Waals surface area contributed by atoms with Crippen LogP contribution in [0.15, 0.2) is 22.7 Å². The highest BCUT2D eigenvalue weighted by Gasteiger charge is 2.28. The van der Waals surface area contributed by atoms with Gasteiger partial charge in [0.1, 0.15) is 11.5 Å². The molecule has 1 aromatic carbocycles. The molecule has 0 N–H and O–H groups in total. The number of benzene rings is 1. The molecule has 0 radical (unpaired) electrons. The highest BCUT2D eigenvalue weighted by atomic mass is 79.9. The van der Waals surface area contributed by atoms with E-state index >= 15 is 0 Å². The van der Waals surface area contributed by atoms with Gasteiger partial charge in [0, 0.05) is 0 Å². The SMILES string of the molecule is COc1ccc(OCC(F)(F)F)cc1Br. The maximum atomic E-state index is 11.8. The predicted molar refractivity (Wildman–Crippen MR) is 52.2 cm³/mol. The van der Waals surface area contributed by atoms with Gasteiger partial charge in [-0.05, 0) is 34.1 Å². The van der Waals surface area contributed by atoms with Gasteiger partial charge in [0.2, 0.25) is 0 Å². The van der Waals surface area contributed by atoms with Crippen LogP contribution in [0.4, 0.5) is 13.2 Å². The topological polar surface area (TPSA) is 18.5 Å². The second-order valence-corrected chi connectivity index (χ2v) is 3.55. The molecule has 0 atom stereocenters. The molecule has 0 aliphatic carbocycles. The second kappa shape index (κ2) is 4.74. The van der Waals surface area contributed by atoms with E-state index in [9.17, 15) is 13.2 Å². The summed E-state index contributed by atoms with van der Waals surface area (Å²) in [5, 5.41) is 0. The van der Waals surface area contributed by atoms with E-state index in [1.54, 1.807) is 0 Å². The minimum absolute atomic E-state index is 0.139. The summed E-state index contributed by atoms with van der Waals surface area (Å²) in [6, 6.07) is 4.36. The largest absolute Gasteiger partial charge is 0.496 e. The number of ether oxygens (including phenoxy) is 2. The number of methoxy groups -OCH3 is 1. The van der Waals surface area contributed by atoms with E-state index in [-0.39, 0.29) is 5.75 Å². The van der Waals surface area contributed by atoms with Gasteiger partial charge in [0.05, 0.1) is 11.6 Å². The summed E-state index contributed by atoms with van der Waals surface area (Å²) in [5.41, 5.74) is 0. The van der Waals surface area contributed by atoms with Crippen LogP contribution < -0.4 is 9.47 Å². The summed E-state index contributed by atoms with van der Waals surface area (Å²) >= 11 is 3.14. The van der Waals surface area contributed by atoms with Crippen molar-refractivity contribution in [3.63, 3.8) is 0 Å². The van der Waals surface area contributed by atoms with E-state index in [0.717, 1.165) is 0 Å². The van der Waals surface area contributed by atoms with Gasteiger partial charge in [-0.3, -0.25) is 0 Å². The van der Waals surface area contributed by atoms with Crippen LogP contribution in [0.2, 0.25) is 0 Å². The molecule has 0 saturated heterocycles. The van der Waals surface area contributed by atoms with Crippen LogP contribution in [0.3, 0.4) is 0 Å². The molecular weight excluding hydrogens is 277 g/mol. The van der Waals surface area contributed by atoms with Crippen molar-refractivity contribution in [2.45, 2.75) is 6.18 Å². The zero-order chi connectivity index (χ0) is 11.5. The van der Waals surface area contributed by atoms with Crippen LogP contribution in [0.25, 0.3) is 0 Å². The summed E-state index contributed by atoms with van der Waals surface area (Å²) in [4.78, 5) is 0. The zero-order valence-electron chi connectivity index (χ0n) is 7.77. The van der Waals surface area contributed by atoms with E-state index in [4.69, 9.17) is 4.74 Å². The number of rotatable bonds is 3. The molecule has 0 spiro atoms. The molecule has 0 aromatic heterocycles. The molecule has 0 saturated carbocycles. The van der Waals surface area contributed by atoms with Gasteiger partial charge >= 0.3 is 6.18 Å². The minimum atomic E-state index is -4.33. The Labute approximate surface area is 93.1 Å². The van der Waals surface area contributed by atoms with Gasteiger partial charge in [-0.15, -0.1) is 0 Å². The molecule has 0 aliphatic heterocycles. The quantitative estimate of drug-likeness (QED) is 0.847. The minimum Gasteiger partial charge on any atom is -0.496 e. The molecule has 1 aromatic rings. The second-order valence-electron chi connectivity index (χ2n) is 2.70. The average molecular weight is 285 g/mol. The number of halogens is 4. The standard InChI is InChI=1S/C9H8BrF3O2/c1-14-8-3-2-6(4-7(8)10)15-5-9(11,12)13/h2-4H,5H2,1H3. The predicted octanol–water partition coefficient (Wildman–Crippen LogP) is 3.40. The van der Waals surface area contributed by atoms with Crippen molar-refractivity contribution in [2.75, 3.05) is 13.7 Å². The number of hydrogen-bond acceptors (Lipinski definition) is 2. The normalized spacial score (nSPS) is 11.3. The van der Waals surface area contributed by atoms with Gasteiger partial charge in [-0.2, -0.15) is 13.2 Å². The Morgan fingerprint density at radius 3 is 2.47 bits per heavy atom. The first-order valence-electron chi connectivity index (χ1n) is 3.95. The van der Waals surface area contributed by atoms with Crippen LogP contribution in [-0.4, -0.2) is 19.9 Å². The number of alkyl halides is 3. The van der Waals surface area contributed by atoms with Crippen LogP contribution in [-0.2, 0) is 0 Å². The lowest BCUT2D eigenvalue weighted by Gasteiger charge is -2.10. The van der Waals surface area contributed by atoms with Crippen molar-refractivity contribution in [3.05, 3.63) is 22.7 Å². The van der Waals surface area contributed by atoms with E-state index < -0.39 is 12.8 Å². The van der Waals surface area contributed by atoms with Gasteiger partial charge in [0.25, 0.3) is 0 Å². The van der Waals surface area contributed by atoms with Crippen LogP contribution in [0.5, 0.6) is 11.5 Å². The van der Waals surface area contributed by atoms with Gasteiger partial charge < -0.3 is 9.47 Å². The first-order valence-corrected chi connectivity index (χ1v) is 4.75. The molecule has 0 fully saturated rings. The molecule has 2 nitrogen and oxygen atoms in total. The molecule has 1 rings (SSSR count). The lowest BCUT2D eigenvalue weighted by molar-refractivity contribution is -0.153. The molecule has 0 amide bonds. The lowest BCUT2D eigenvalue weighted by atomic mass is 10.3. The molecular formula is C9H8BrF3O2. The monoisotopic (exact) mass is 284 g/mol. The average Bonchev–Trinajstić information content (AvgIpc) is 2.14. The van der Waals surface area contributed by atoms with E-state index in [0.29, 0.717) is 10.2 Å². The van der Waals surface area contributed by atoms with Crippen LogP contribution in [0, 0.1) is 0 Å². The summed E-state index contributed by atoms with van der Waals surface area (Å²) in [7, 11) is 1.47. The summed E-state index contributed by atoms with van der Waals surface area (Å²) in [5.74, 6) is 0.675. The molecule has 0 bridgehead atoms. The van der Waals surface area contributed by atoms with Crippen LogP contribution in [0.1, 0.15) is 0 Å². The first-order chi connectivity index (χ1) is 6.92. The summed E-state index contributed by atoms with van der Waals surface area (Å²) in [6.07, 6.45) is -4.33. The molecule has 0 heterocycles. The molecule has 0 unspecified atom stereocenters. The highest BCUT2D eigenvalue weighted by molar-refractivity contribution is 9.10. The fourth-order valence-electron chi connectivity index (χ4n) is 0.902. The Bertz CT molecular complexity index is 339. The van der Waals surface area contributed by atoms with E-state index in [2.05, 4.69) is 20.7 Å². The summed E-state index contributed by atoms with van der Waals surface area (Å²) in [6.45, 7) is -1.30. The van der Waals surface area contributed by atoms with Gasteiger partial charge in [-0.1, -0.05) is 0 Å². The fourth-order valence-corrected chi connectivity index (χ4v) is 1.42. The molecule has 0 aliphatic rings. The molecule has 6 heteroatoms. The van der Waals surface area contributed by atoms with Crippen molar-refractivity contribution in [1.82, 2.24) is 0 Å². The van der Waals surface area contributed by atoms with E-state index in [1.165, 1.54) is 25.3 Å². The van der Waals surface area contributed by atoms with Gasteiger partial charge in [0.15, 0.2) is 6.61 Å². The van der Waals surface area contributed by atoms with Crippen molar-refractivity contribution in [3.8, 4) is 11.5 Å². The first kappa shape index (κ1) is 12.2. The smallest absolute Gasteiger partial charge is 0.422 e. The Balaban J connectivity index is 2.68. The third kappa shape index (κ3) is 3.99. The maximum absolute atomic E-state index is 11.8. The van der Waals surface area contributed by atoms with E-state index in [1.807, 2.05) is 0 Å². The Kier molecular flexibility index (Phi) is 3.84. The Morgan fingerprint density at radius 1 is 1.33 bits per heavy atom. The highest BCUT2D eigenvalue weighted by Crippen LogP contribution is 2.29. The third-order valence-corrected chi connectivity index (χ3v) is 2.15. The van der Waals surface area contributed by atoms with Crippen molar-refractivity contribution >= 4 is 15.9 Å². The van der Waals surface area contributed by atoms with Crippen LogP contribution >= 0.6 is 15.9 Å². The summed E-state index contributed by atoms with van der Waals surface area (Å²) < 4.78 is 45.5. The third-order valence-electron chi connectivity index (χ3n) is 1.53.